The summed E-state index contributed by atoms with van der Waals surface area (Å²) >= 11 is 1.51. The zero-order valence-electron chi connectivity index (χ0n) is 15.7. The summed E-state index contributed by atoms with van der Waals surface area (Å²) in [5.41, 5.74) is 0. The number of ether oxygens (including phenoxy) is 1. The zero-order valence-corrected chi connectivity index (χ0v) is 18.8. The fraction of sp³-hybridized carbons (Fsp3) is 0.812. The van der Waals surface area contributed by atoms with Gasteiger partial charge < -0.3 is 19.9 Å². The van der Waals surface area contributed by atoms with E-state index in [2.05, 4.69) is 41.3 Å². The van der Waals surface area contributed by atoms with Gasteiger partial charge in [0.05, 0.1) is 13.2 Å². The summed E-state index contributed by atoms with van der Waals surface area (Å²) in [5.74, 6) is 1.95. The average molecular weight is 495 g/mol. The molecule has 0 saturated carbocycles. The maximum absolute atomic E-state index is 5.39. The molecule has 26 heavy (non-hydrogen) atoms. The van der Waals surface area contributed by atoms with Gasteiger partial charge in [0.25, 0.3) is 0 Å². The lowest BCUT2D eigenvalue weighted by atomic mass is 10.3. The molecular weight excluding hydrogens is 465 g/mol. The SMILES string of the molecule is CCc1nsc(N2CCN(C(=NC)NCCN3CCOCC3)CC2)n1.I. The minimum absolute atomic E-state index is 0. The minimum Gasteiger partial charge on any atom is -0.379 e. The van der Waals surface area contributed by atoms with Crippen molar-refractivity contribution < 1.29 is 4.74 Å². The molecule has 1 aromatic rings. The van der Waals surface area contributed by atoms with Crippen LogP contribution in [0.4, 0.5) is 5.13 Å². The normalized spacial score (nSPS) is 19.4. The summed E-state index contributed by atoms with van der Waals surface area (Å²) in [6, 6.07) is 0. The maximum atomic E-state index is 5.39. The van der Waals surface area contributed by atoms with Gasteiger partial charge >= 0.3 is 0 Å². The Hall–Kier alpha value is -0.720. The Morgan fingerprint density at radius 1 is 1.19 bits per heavy atom. The number of rotatable bonds is 5. The third-order valence-corrected chi connectivity index (χ3v) is 5.46. The van der Waals surface area contributed by atoms with Crippen LogP contribution in [0.5, 0.6) is 0 Å². The van der Waals surface area contributed by atoms with Gasteiger partial charge in [-0.3, -0.25) is 9.89 Å². The van der Waals surface area contributed by atoms with E-state index in [0.717, 1.165) is 88.9 Å². The number of guanidine groups is 1. The Bertz CT molecular complexity index is 557. The summed E-state index contributed by atoms with van der Waals surface area (Å²) in [5, 5.41) is 4.55. The second-order valence-corrected chi connectivity index (χ2v) is 6.98. The van der Waals surface area contributed by atoms with E-state index in [4.69, 9.17) is 4.74 Å². The lowest BCUT2D eigenvalue weighted by Gasteiger charge is -2.36. The molecule has 3 rings (SSSR count). The predicted molar refractivity (Wildman–Crippen MR) is 117 cm³/mol. The van der Waals surface area contributed by atoms with Gasteiger partial charge in [0.2, 0.25) is 5.13 Å². The number of aromatic nitrogens is 2. The molecule has 0 spiro atoms. The van der Waals surface area contributed by atoms with E-state index >= 15 is 0 Å². The van der Waals surface area contributed by atoms with Gasteiger partial charge in [0.1, 0.15) is 5.82 Å². The van der Waals surface area contributed by atoms with Crippen molar-refractivity contribution in [1.29, 1.82) is 0 Å². The van der Waals surface area contributed by atoms with E-state index in [9.17, 15) is 0 Å². The average Bonchev–Trinajstić information content (AvgIpc) is 3.16. The fourth-order valence-electron chi connectivity index (χ4n) is 3.11. The molecule has 10 heteroatoms. The van der Waals surface area contributed by atoms with Crippen molar-refractivity contribution in [3.63, 3.8) is 0 Å². The van der Waals surface area contributed by atoms with Crippen LogP contribution in [0.3, 0.4) is 0 Å². The van der Waals surface area contributed by atoms with E-state index in [1.54, 1.807) is 0 Å². The molecule has 2 aliphatic heterocycles. The Kier molecular flexibility index (Phi) is 9.29. The highest BCUT2D eigenvalue weighted by Gasteiger charge is 2.22. The number of morpholine rings is 1. The number of halogens is 1. The molecule has 0 aliphatic carbocycles. The van der Waals surface area contributed by atoms with Gasteiger partial charge in [-0.1, -0.05) is 6.92 Å². The van der Waals surface area contributed by atoms with Crippen LogP contribution in [0.15, 0.2) is 4.99 Å². The molecular formula is C16H30IN7OS. The van der Waals surface area contributed by atoms with Crippen molar-refractivity contribution in [3.8, 4) is 0 Å². The Labute approximate surface area is 177 Å². The Morgan fingerprint density at radius 3 is 2.54 bits per heavy atom. The second-order valence-electron chi connectivity index (χ2n) is 6.25. The monoisotopic (exact) mass is 495 g/mol. The standard InChI is InChI=1S/C16H29N7OS.HI/c1-3-14-19-16(25-20-14)23-8-6-22(7-9-23)15(17-2)18-4-5-21-10-12-24-13-11-21;/h3-13H2,1-2H3,(H,17,18);1H. The first-order valence-electron chi connectivity index (χ1n) is 9.13. The minimum atomic E-state index is 0. The highest BCUT2D eigenvalue weighted by molar-refractivity contribution is 14.0. The highest BCUT2D eigenvalue weighted by Crippen LogP contribution is 2.19. The first kappa shape index (κ1) is 21.6. The van der Waals surface area contributed by atoms with Crippen molar-refractivity contribution in [2.75, 3.05) is 77.5 Å². The van der Waals surface area contributed by atoms with Crippen molar-refractivity contribution >= 4 is 46.6 Å². The molecule has 1 N–H and O–H groups in total. The van der Waals surface area contributed by atoms with Gasteiger partial charge in [-0.15, -0.1) is 24.0 Å². The number of aliphatic imine (C=N–C) groups is 1. The number of hydrogen-bond donors (Lipinski definition) is 1. The first-order chi connectivity index (χ1) is 12.3. The van der Waals surface area contributed by atoms with Crippen molar-refractivity contribution in [2.24, 2.45) is 4.99 Å². The summed E-state index contributed by atoms with van der Waals surface area (Å²) in [7, 11) is 1.86. The Balaban J connectivity index is 0.00000243. The van der Waals surface area contributed by atoms with Crippen LogP contribution in [0, 0.1) is 0 Å². The molecule has 0 atom stereocenters. The van der Waals surface area contributed by atoms with Gasteiger partial charge in [-0.25, -0.2) is 4.98 Å². The first-order valence-corrected chi connectivity index (χ1v) is 9.90. The summed E-state index contributed by atoms with van der Waals surface area (Å²) in [6.45, 7) is 11.6. The molecule has 2 fully saturated rings. The van der Waals surface area contributed by atoms with Crippen LogP contribution < -0.4 is 10.2 Å². The fourth-order valence-corrected chi connectivity index (χ4v) is 3.91. The van der Waals surface area contributed by atoms with E-state index in [0.29, 0.717) is 0 Å². The second kappa shape index (κ2) is 11.2. The highest BCUT2D eigenvalue weighted by atomic mass is 127. The maximum Gasteiger partial charge on any atom is 0.205 e. The molecule has 0 unspecified atom stereocenters. The third kappa shape index (κ3) is 5.89. The molecule has 148 valence electrons. The number of nitrogens with zero attached hydrogens (tertiary/aromatic N) is 6. The van der Waals surface area contributed by atoms with Gasteiger partial charge in [0.15, 0.2) is 5.96 Å². The molecule has 0 bridgehead atoms. The zero-order chi connectivity index (χ0) is 17.5. The van der Waals surface area contributed by atoms with Gasteiger partial charge in [-0.2, -0.15) is 4.37 Å². The largest absolute Gasteiger partial charge is 0.379 e. The third-order valence-electron chi connectivity index (χ3n) is 4.65. The van der Waals surface area contributed by atoms with Gasteiger partial charge in [-0.05, 0) is 0 Å². The molecule has 2 saturated heterocycles. The van der Waals surface area contributed by atoms with Crippen LogP contribution in [0.1, 0.15) is 12.7 Å². The molecule has 1 aromatic heterocycles. The van der Waals surface area contributed by atoms with Crippen LogP contribution in [0.2, 0.25) is 0 Å². The van der Waals surface area contributed by atoms with E-state index in [1.807, 2.05) is 7.05 Å². The molecule has 0 radical (unpaired) electrons. The molecule has 3 heterocycles. The summed E-state index contributed by atoms with van der Waals surface area (Å²) in [4.78, 5) is 16.1. The van der Waals surface area contributed by atoms with Crippen LogP contribution in [0.25, 0.3) is 0 Å². The molecule has 0 amide bonds. The van der Waals surface area contributed by atoms with E-state index in [-0.39, 0.29) is 24.0 Å². The quantitative estimate of drug-likeness (QED) is 0.368. The lowest BCUT2D eigenvalue weighted by molar-refractivity contribution is 0.0388. The molecule has 2 aliphatic rings. The summed E-state index contributed by atoms with van der Waals surface area (Å²) in [6.07, 6.45) is 0.899. The number of aryl methyl sites for hydroxylation is 1. The summed E-state index contributed by atoms with van der Waals surface area (Å²) < 4.78 is 9.78. The Morgan fingerprint density at radius 2 is 1.92 bits per heavy atom. The molecule has 0 aromatic carbocycles. The number of piperazine rings is 1. The van der Waals surface area contributed by atoms with Crippen LogP contribution in [-0.2, 0) is 11.2 Å². The van der Waals surface area contributed by atoms with Crippen molar-refractivity contribution in [1.82, 2.24) is 24.5 Å². The van der Waals surface area contributed by atoms with Crippen LogP contribution >= 0.6 is 35.5 Å². The smallest absolute Gasteiger partial charge is 0.205 e. The number of nitrogens with one attached hydrogen (secondary N) is 1. The van der Waals surface area contributed by atoms with Crippen molar-refractivity contribution in [2.45, 2.75) is 13.3 Å². The topological polar surface area (TPSA) is 69.1 Å². The number of hydrogen-bond acceptors (Lipinski definition) is 7. The van der Waals surface area contributed by atoms with E-state index < -0.39 is 0 Å². The van der Waals surface area contributed by atoms with Gasteiger partial charge in [0, 0.05) is 77.4 Å². The van der Waals surface area contributed by atoms with E-state index in [1.165, 1.54) is 11.5 Å². The predicted octanol–water partition coefficient (Wildman–Crippen LogP) is 0.748. The number of anilines is 1. The van der Waals surface area contributed by atoms with Crippen molar-refractivity contribution in [3.05, 3.63) is 5.82 Å². The lowest BCUT2D eigenvalue weighted by Crippen LogP contribution is -2.53. The molecule has 8 nitrogen and oxygen atoms in total. The van der Waals surface area contributed by atoms with Crippen LogP contribution in [-0.4, -0.2) is 97.7 Å².